The van der Waals surface area contributed by atoms with E-state index >= 15 is 0 Å². The Labute approximate surface area is 157 Å². The standard InChI is InChI=1S/C14H15I2N5OS/c1-3-16-23(17,22)11-7-5-10(6-8-11)20-14-19-9-12(15)13(21-14)18-4-2/h5-9,17H,1,4H2,2H3,(H2,18,19,20,21). The maximum Gasteiger partial charge on any atom is 0.229 e. The Morgan fingerprint density at radius 3 is 2.74 bits per heavy atom. The van der Waals surface area contributed by atoms with Crippen molar-refractivity contribution in [1.82, 2.24) is 9.97 Å². The van der Waals surface area contributed by atoms with Crippen molar-refractivity contribution in [2.45, 2.75) is 11.8 Å². The molecule has 6 nitrogen and oxygen atoms in total. The normalized spacial score (nSPS) is 13.0. The van der Waals surface area contributed by atoms with Crippen molar-refractivity contribution >= 4 is 70.0 Å². The first-order valence-electron chi connectivity index (χ1n) is 6.56. The Morgan fingerprint density at radius 1 is 1.43 bits per heavy atom. The smallest absolute Gasteiger partial charge is 0.229 e. The average Bonchev–Trinajstić information content (AvgIpc) is 2.51. The van der Waals surface area contributed by atoms with Crippen LogP contribution in [0.4, 0.5) is 17.5 Å². The molecule has 0 aliphatic carbocycles. The number of rotatable bonds is 6. The van der Waals surface area contributed by atoms with Crippen LogP contribution < -0.4 is 10.6 Å². The van der Waals surface area contributed by atoms with Crippen molar-refractivity contribution in [3.05, 3.63) is 40.6 Å². The molecule has 1 unspecified atom stereocenters. The van der Waals surface area contributed by atoms with Gasteiger partial charge in [-0.2, -0.15) is 4.98 Å². The van der Waals surface area contributed by atoms with Gasteiger partial charge in [-0.25, -0.2) is 14.0 Å². The Balaban J connectivity index is 2.22. The number of benzene rings is 1. The third-order valence-electron chi connectivity index (χ3n) is 2.67. The highest BCUT2D eigenvalue weighted by Gasteiger charge is 2.08. The SMILES string of the molecule is C=C=IS(=N)(=O)c1ccc(Nc2ncc(I)c(NCC)n2)cc1. The van der Waals surface area contributed by atoms with Crippen molar-refractivity contribution in [1.29, 1.82) is 4.78 Å². The largest absolute Gasteiger partial charge is 0.369 e. The highest BCUT2D eigenvalue weighted by atomic mass is 127. The van der Waals surface area contributed by atoms with E-state index in [2.05, 4.69) is 53.4 Å². The third-order valence-corrected chi connectivity index (χ3v) is 8.98. The number of nitrogens with zero attached hydrogens (tertiary/aromatic N) is 2. The molecule has 23 heavy (non-hydrogen) atoms. The van der Waals surface area contributed by atoms with E-state index < -0.39 is 26.2 Å². The van der Waals surface area contributed by atoms with E-state index in [4.69, 9.17) is 4.78 Å². The summed E-state index contributed by atoms with van der Waals surface area (Å²) in [6.45, 7) is 3.50. The van der Waals surface area contributed by atoms with E-state index in [1.807, 2.05) is 6.92 Å². The Kier molecular flexibility index (Phi) is 6.50. The first kappa shape index (κ1) is 18.3. The second-order valence-corrected chi connectivity index (χ2v) is 12.8. The number of anilines is 3. The monoisotopic (exact) mass is 555 g/mol. The molecule has 1 aromatic heterocycles. The van der Waals surface area contributed by atoms with Crippen LogP contribution in [-0.4, -0.2) is 24.4 Å². The van der Waals surface area contributed by atoms with E-state index in [9.17, 15) is 4.21 Å². The van der Waals surface area contributed by atoms with Crippen LogP contribution in [0.25, 0.3) is 0 Å². The van der Waals surface area contributed by atoms with Gasteiger partial charge in [0, 0.05) is 18.4 Å². The van der Waals surface area contributed by atoms with Crippen LogP contribution in [0.5, 0.6) is 0 Å². The summed E-state index contributed by atoms with van der Waals surface area (Å²) in [5.41, 5.74) is 0.772. The summed E-state index contributed by atoms with van der Waals surface area (Å²) < 4.78 is 23.6. The quantitative estimate of drug-likeness (QED) is 0.369. The van der Waals surface area contributed by atoms with Crippen LogP contribution in [0.1, 0.15) is 6.92 Å². The van der Waals surface area contributed by atoms with Gasteiger partial charge in [0.25, 0.3) is 0 Å². The minimum atomic E-state index is -2.75. The molecule has 2 rings (SSSR count). The van der Waals surface area contributed by atoms with Crippen LogP contribution in [0.3, 0.4) is 0 Å². The number of aromatic nitrogens is 2. The Hall–Kier alpha value is -1.04. The molecule has 0 aliphatic rings. The van der Waals surface area contributed by atoms with E-state index in [0.717, 1.165) is 21.6 Å². The Morgan fingerprint density at radius 2 is 2.13 bits per heavy atom. The van der Waals surface area contributed by atoms with Gasteiger partial charge in [-0.1, -0.05) is 3.67 Å². The topological polar surface area (TPSA) is 90.8 Å². The molecular weight excluding hydrogens is 540 g/mol. The van der Waals surface area contributed by atoms with Gasteiger partial charge in [0.05, 0.1) is 27.8 Å². The maximum atomic E-state index is 12.2. The van der Waals surface area contributed by atoms with Crippen LogP contribution in [-0.2, 0) is 6.90 Å². The van der Waals surface area contributed by atoms with Gasteiger partial charge in [0.2, 0.25) is 5.95 Å². The summed E-state index contributed by atoms with van der Waals surface area (Å²) in [6, 6.07) is 6.91. The fourth-order valence-corrected chi connectivity index (χ4v) is 5.82. The predicted octanol–water partition coefficient (Wildman–Crippen LogP) is 4.14. The van der Waals surface area contributed by atoms with Crippen molar-refractivity contribution in [3.63, 3.8) is 0 Å². The van der Waals surface area contributed by atoms with Crippen LogP contribution >= 0.6 is 41.9 Å². The van der Waals surface area contributed by atoms with Gasteiger partial charge < -0.3 is 10.6 Å². The number of halogens is 2. The average molecular weight is 555 g/mol. The zero-order chi connectivity index (χ0) is 16.9. The molecule has 0 aliphatic heterocycles. The fraction of sp³-hybridized carbons (Fsp3) is 0.143. The minimum absolute atomic E-state index is 0.479. The molecule has 1 heterocycles. The van der Waals surface area contributed by atoms with Gasteiger partial charge >= 0.3 is 0 Å². The Bertz CT molecular complexity index is 846. The van der Waals surface area contributed by atoms with E-state index in [1.165, 1.54) is 0 Å². The van der Waals surface area contributed by atoms with Gasteiger partial charge in [0.1, 0.15) is 12.7 Å². The molecule has 122 valence electrons. The lowest BCUT2D eigenvalue weighted by Gasteiger charge is -2.09. The number of nitrogens with one attached hydrogen (secondary N) is 3. The summed E-state index contributed by atoms with van der Waals surface area (Å²) in [5.74, 6) is 1.26. The zero-order valence-electron chi connectivity index (χ0n) is 12.3. The number of hydrogen-bond donors (Lipinski definition) is 3. The molecule has 0 bridgehead atoms. The molecule has 3 N–H and O–H groups in total. The third kappa shape index (κ3) is 4.96. The summed E-state index contributed by atoms with van der Waals surface area (Å²) in [7, 11) is 0. The molecule has 1 atom stereocenters. The molecule has 0 saturated heterocycles. The molecule has 0 radical (unpaired) electrons. The van der Waals surface area contributed by atoms with Crippen molar-refractivity contribution < 1.29 is 4.21 Å². The first-order valence-corrected chi connectivity index (χ1v) is 12.8. The van der Waals surface area contributed by atoms with Gasteiger partial charge in [-0.3, -0.25) is 0 Å². The van der Waals surface area contributed by atoms with E-state index in [1.54, 1.807) is 30.5 Å². The van der Waals surface area contributed by atoms with E-state index in [0.29, 0.717) is 10.8 Å². The predicted molar refractivity (Wildman–Crippen MR) is 112 cm³/mol. The fourth-order valence-electron chi connectivity index (χ4n) is 1.68. The molecule has 2 aromatic rings. The second-order valence-electron chi connectivity index (χ2n) is 4.27. The second kappa shape index (κ2) is 8.18. The summed E-state index contributed by atoms with van der Waals surface area (Å²) in [6.07, 6.45) is 1.74. The van der Waals surface area contributed by atoms with Crippen LogP contribution in [0.2, 0.25) is 0 Å². The summed E-state index contributed by atoms with van der Waals surface area (Å²) in [5, 5.41) is 6.28. The summed E-state index contributed by atoms with van der Waals surface area (Å²) >= 11 is 1.19. The lowest BCUT2D eigenvalue weighted by atomic mass is 10.3. The molecular formula is C14H15I2N5OS. The van der Waals surface area contributed by atoms with Crippen LogP contribution in [0, 0.1) is 8.35 Å². The molecule has 0 saturated carbocycles. The van der Waals surface area contributed by atoms with Crippen molar-refractivity contribution in [2.24, 2.45) is 0 Å². The highest BCUT2D eigenvalue weighted by molar-refractivity contribution is 14.2. The van der Waals surface area contributed by atoms with Crippen LogP contribution in [0.15, 0.2) is 41.9 Å². The van der Waals surface area contributed by atoms with E-state index in [-0.39, 0.29) is 0 Å². The maximum absolute atomic E-state index is 12.2. The lowest BCUT2D eigenvalue weighted by molar-refractivity contribution is 0.686. The molecule has 9 heteroatoms. The zero-order valence-corrected chi connectivity index (χ0v) is 17.4. The highest BCUT2D eigenvalue weighted by Crippen LogP contribution is 2.25. The number of hydrogen-bond acceptors (Lipinski definition) is 6. The molecule has 0 fully saturated rings. The van der Waals surface area contributed by atoms with Gasteiger partial charge in [-0.05, 0) is 60.4 Å². The van der Waals surface area contributed by atoms with Gasteiger partial charge in [0.15, 0.2) is 0 Å². The minimum Gasteiger partial charge on any atom is -0.369 e. The van der Waals surface area contributed by atoms with Crippen molar-refractivity contribution in [2.75, 3.05) is 17.2 Å². The first-order chi connectivity index (χ1) is 11.0. The molecule has 0 spiro atoms. The van der Waals surface area contributed by atoms with Crippen molar-refractivity contribution in [3.8, 4) is 0 Å². The lowest BCUT2D eigenvalue weighted by Crippen LogP contribution is -2.05. The molecule has 1 aromatic carbocycles. The summed E-state index contributed by atoms with van der Waals surface area (Å²) in [4.78, 5) is 9.16. The molecule has 0 amide bonds. The van der Waals surface area contributed by atoms with Gasteiger partial charge in [-0.15, -0.1) is 0 Å².